The number of rotatable bonds is 5. The van der Waals surface area contributed by atoms with Gasteiger partial charge in [-0.05, 0) is 19.3 Å². The van der Waals surface area contributed by atoms with E-state index in [1.165, 1.54) is 0 Å². The fraction of sp³-hybridized carbons (Fsp3) is 0.750. The summed E-state index contributed by atoms with van der Waals surface area (Å²) in [5.41, 5.74) is 6.59. The van der Waals surface area contributed by atoms with Gasteiger partial charge in [0, 0.05) is 19.5 Å². The Balaban J connectivity index is 0.00000169. The molecule has 0 radical (unpaired) electrons. The number of unbranched alkanes of at least 4 members (excludes halogenated alkanes) is 1. The van der Waals surface area contributed by atoms with E-state index in [0.29, 0.717) is 5.17 Å². The minimum Gasteiger partial charge on any atom is -0.385 e. The van der Waals surface area contributed by atoms with Gasteiger partial charge in [-0.1, -0.05) is 11.8 Å². The van der Waals surface area contributed by atoms with E-state index >= 15 is 0 Å². The molecule has 0 saturated carbocycles. The van der Waals surface area contributed by atoms with Gasteiger partial charge in [-0.25, -0.2) is 0 Å². The second kappa shape index (κ2) is 8.26. The SMILES string of the molecule is Br.COCCCCC1=NN=C(N)SC1. The summed E-state index contributed by atoms with van der Waals surface area (Å²) >= 11 is 1.56. The topological polar surface area (TPSA) is 60.0 Å². The van der Waals surface area contributed by atoms with E-state index < -0.39 is 0 Å². The highest BCUT2D eigenvalue weighted by atomic mass is 79.9. The van der Waals surface area contributed by atoms with Crippen LogP contribution >= 0.6 is 28.7 Å². The minimum atomic E-state index is 0. The third-order valence-electron chi connectivity index (χ3n) is 1.74. The minimum absolute atomic E-state index is 0. The first-order chi connectivity index (χ1) is 6.33. The highest BCUT2D eigenvalue weighted by Gasteiger charge is 2.06. The molecule has 1 heterocycles. The lowest BCUT2D eigenvalue weighted by Gasteiger charge is -2.08. The van der Waals surface area contributed by atoms with Crippen LogP contribution in [0, 0.1) is 0 Å². The van der Waals surface area contributed by atoms with Crippen LogP contribution in [0.25, 0.3) is 0 Å². The van der Waals surface area contributed by atoms with Crippen LogP contribution < -0.4 is 5.73 Å². The number of amidine groups is 1. The molecular weight excluding hydrogens is 266 g/mol. The predicted molar refractivity (Wildman–Crippen MR) is 67.6 cm³/mol. The molecule has 1 aliphatic rings. The van der Waals surface area contributed by atoms with Crippen molar-refractivity contribution < 1.29 is 4.74 Å². The number of hydrogen-bond acceptors (Lipinski definition) is 5. The zero-order chi connectivity index (χ0) is 9.52. The molecule has 0 aliphatic carbocycles. The molecule has 0 aromatic carbocycles. The number of thioether (sulfide) groups is 1. The zero-order valence-corrected chi connectivity index (χ0v) is 10.8. The van der Waals surface area contributed by atoms with Crippen molar-refractivity contribution in [1.82, 2.24) is 0 Å². The molecule has 0 atom stereocenters. The second-order valence-electron chi connectivity index (χ2n) is 2.84. The van der Waals surface area contributed by atoms with E-state index in [1.807, 2.05) is 0 Å². The van der Waals surface area contributed by atoms with E-state index in [4.69, 9.17) is 10.5 Å². The zero-order valence-electron chi connectivity index (χ0n) is 8.23. The summed E-state index contributed by atoms with van der Waals surface area (Å²) in [4.78, 5) is 0. The Bertz CT molecular complexity index is 221. The molecule has 0 amide bonds. The van der Waals surface area contributed by atoms with Gasteiger partial charge in [-0.3, -0.25) is 0 Å². The molecule has 14 heavy (non-hydrogen) atoms. The van der Waals surface area contributed by atoms with Gasteiger partial charge in [-0.2, -0.15) is 5.10 Å². The molecule has 82 valence electrons. The molecule has 0 bridgehead atoms. The summed E-state index contributed by atoms with van der Waals surface area (Å²) in [6.07, 6.45) is 3.20. The summed E-state index contributed by atoms with van der Waals surface area (Å²) in [7, 11) is 1.72. The third kappa shape index (κ3) is 5.62. The second-order valence-corrected chi connectivity index (χ2v) is 3.84. The van der Waals surface area contributed by atoms with Gasteiger partial charge in [0.25, 0.3) is 0 Å². The van der Waals surface area contributed by atoms with Gasteiger partial charge in [0.2, 0.25) is 0 Å². The monoisotopic (exact) mass is 281 g/mol. The van der Waals surface area contributed by atoms with Gasteiger partial charge in [0.1, 0.15) is 0 Å². The number of nitrogens with two attached hydrogens (primary N) is 1. The van der Waals surface area contributed by atoms with Gasteiger partial charge in [-0.15, -0.1) is 22.1 Å². The number of ether oxygens (including phenoxy) is 1. The third-order valence-corrected chi connectivity index (χ3v) is 2.60. The molecule has 2 N–H and O–H groups in total. The van der Waals surface area contributed by atoms with E-state index in [1.54, 1.807) is 18.9 Å². The maximum absolute atomic E-state index is 5.46. The maximum atomic E-state index is 5.46. The Morgan fingerprint density at radius 3 is 2.79 bits per heavy atom. The van der Waals surface area contributed by atoms with Gasteiger partial charge in [0.05, 0.1) is 5.71 Å². The highest BCUT2D eigenvalue weighted by Crippen LogP contribution is 2.11. The molecular formula is C8H16BrN3OS. The van der Waals surface area contributed by atoms with Crippen LogP contribution in [0.15, 0.2) is 10.2 Å². The summed E-state index contributed by atoms with van der Waals surface area (Å²) in [5, 5.41) is 8.42. The smallest absolute Gasteiger partial charge is 0.180 e. The van der Waals surface area contributed by atoms with Crippen molar-refractivity contribution in [3.8, 4) is 0 Å². The van der Waals surface area contributed by atoms with Crippen molar-refractivity contribution in [2.45, 2.75) is 19.3 Å². The molecule has 1 aliphatic heterocycles. The largest absolute Gasteiger partial charge is 0.385 e. The molecule has 0 aromatic rings. The van der Waals surface area contributed by atoms with Crippen LogP contribution in [0.1, 0.15) is 19.3 Å². The molecule has 0 spiro atoms. The van der Waals surface area contributed by atoms with E-state index in [-0.39, 0.29) is 17.0 Å². The Labute approximate surface area is 99.1 Å². The number of halogens is 1. The summed E-state index contributed by atoms with van der Waals surface area (Å²) < 4.78 is 4.96. The van der Waals surface area contributed by atoms with Crippen LogP contribution in [0.2, 0.25) is 0 Å². The van der Waals surface area contributed by atoms with Gasteiger partial charge < -0.3 is 10.5 Å². The lowest BCUT2D eigenvalue weighted by Crippen LogP contribution is -2.15. The normalized spacial score (nSPS) is 15.5. The van der Waals surface area contributed by atoms with Crippen LogP contribution in [0.4, 0.5) is 0 Å². The van der Waals surface area contributed by atoms with Gasteiger partial charge >= 0.3 is 0 Å². The Kier molecular flexibility index (Phi) is 8.21. The van der Waals surface area contributed by atoms with E-state index in [2.05, 4.69) is 10.2 Å². The molecule has 1 rings (SSSR count). The average Bonchev–Trinajstić information content (AvgIpc) is 2.15. The lowest BCUT2D eigenvalue weighted by molar-refractivity contribution is 0.193. The first-order valence-corrected chi connectivity index (χ1v) is 5.32. The maximum Gasteiger partial charge on any atom is 0.180 e. The number of nitrogens with zero attached hydrogens (tertiary/aromatic N) is 2. The molecule has 6 heteroatoms. The van der Waals surface area contributed by atoms with Crippen molar-refractivity contribution in [2.24, 2.45) is 15.9 Å². The summed E-state index contributed by atoms with van der Waals surface area (Å²) in [6, 6.07) is 0. The molecule has 0 unspecified atom stereocenters. The van der Waals surface area contributed by atoms with Crippen molar-refractivity contribution >= 4 is 39.6 Å². The molecule has 0 aromatic heterocycles. The van der Waals surface area contributed by atoms with Gasteiger partial charge in [0.15, 0.2) is 5.17 Å². The summed E-state index contributed by atoms with van der Waals surface area (Å²) in [6.45, 7) is 0.825. The van der Waals surface area contributed by atoms with Crippen LogP contribution in [-0.4, -0.2) is 30.3 Å². The first kappa shape index (κ1) is 13.9. The molecule has 0 saturated heterocycles. The highest BCUT2D eigenvalue weighted by molar-refractivity contribution is 8.93. The van der Waals surface area contributed by atoms with Crippen molar-refractivity contribution in [2.75, 3.05) is 19.5 Å². The first-order valence-electron chi connectivity index (χ1n) is 4.33. The predicted octanol–water partition coefficient (Wildman–Crippen LogP) is 1.80. The average molecular weight is 282 g/mol. The van der Waals surface area contributed by atoms with Crippen molar-refractivity contribution in [3.63, 3.8) is 0 Å². The number of hydrogen-bond donors (Lipinski definition) is 1. The Morgan fingerprint density at radius 1 is 1.43 bits per heavy atom. The quantitative estimate of drug-likeness (QED) is 0.782. The molecule has 4 nitrogen and oxygen atoms in total. The van der Waals surface area contributed by atoms with E-state index in [0.717, 1.165) is 37.3 Å². The van der Waals surface area contributed by atoms with Crippen LogP contribution in [-0.2, 0) is 4.74 Å². The standard InChI is InChI=1S/C8H15N3OS.BrH/c1-12-5-3-2-4-7-6-13-8(9)11-10-7;/h2-6H2,1H3,(H2,9,11);1H. The molecule has 0 fully saturated rings. The fourth-order valence-corrected chi connectivity index (χ4v) is 1.65. The Hall–Kier alpha value is -0.0700. The van der Waals surface area contributed by atoms with Crippen molar-refractivity contribution in [3.05, 3.63) is 0 Å². The van der Waals surface area contributed by atoms with Crippen LogP contribution in [0.3, 0.4) is 0 Å². The van der Waals surface area contributed by atoms with E-state index in [9.17, 15) is 0 Å². The lowest BCUT2D eigenvalue weighted by atomic mass is 10.2. The fourth-order valence-electron chi connectivity index (χ4n) is 1.03. The Morgan fingerprint density at radius 2 is 2.21 bits per heavy atom. The van der Waals surface area contributed by atoms with Crippen molar-refractivity contribution in [1.29, 1.82) is 0 Å². The summed E-state index contributed by atoms with van der Waals surface area (Å²) in [5.74, 6) is 0.891. The van der Waals surface area contributed by atoms with Crippen LogP contribution in [0.5, 0.6) is 0 Å². The number of methoxy groups -OCH3 is 1.